The molecule has 1 N–H and O–H groups in total. The number of nitrogens with one attached hydrogen (secondary N) is 1. The Kier molecular flexibility index (Phi) is 4.76. The maximum absolute atomic E-state index is 12.6. The summed E-state index contributed by atoms with van der Waals surface area (Å²) in [6, 6.07) is 14.1. The summed E-state index contributed by atoms with van der Waals surface area (Å²) in [4.78, 5) is 12.6. The molecule has 1 amide bonds. The van der Waals surface area contributed by atoms with Gasteiger partial charge in [-0.2, -0.15) is 0 Å². The number of nitrogens with zero attached hydrogens (tertiary/aromatic N) is 1. The number of carbonyl (C=O) groups excluding carboxylic acids is 1. The van der Waals surface area contributed by atoms with E-state index in [0.717, 1.165) is 6.26 Å². The molecule has 2 heterocycles. The monoisotopic (exact) mass is 404 g/mol. The van der Waals surface area contributed by atoms with Gasteiger partial charge in [-0.25, -0.2) is 8.42 Å². The lowest BCUT2D eigenvalue weighted by molar-refractivity contribution is -0.128. The van der Waals surface area contributed by atoms with E-state index < -0.39 is 22.0 Å². The van der Waals surface area contributed by atoms with Crippen molar-refractivity contribution in [3.8, 4) is 17.2 Å². The van der Waals surface area contributed by atoms with E-state index in [4.69, 9.17) is 14.2 Å². The molecule has 0 saturated heterocycles. The van der Waals surface area contributed by atoms with Gasteiger partial charge in [-0.15, -0.1) is 0 Å². The largest absolute Gasteiger partial charge is 0.486 e. The number of hydrogen-bond donors (Lipinski definition) is 1. The fourth-order valence-electron chi connectivity index (χ4n) is 3.14. The van der Waals surface area contributed by atoms with Gasteiger partial charge < -0.3 is 19.5 Å². The van der Waals surface area contributed by atoms with Gasteiger partial charge in [0.1, 0.15) is 18.5 Å². The second-order valence-electron chi connectivity index (χ2n) is 6.61. The Hall–Kier alpha value is -2.94. The fourth-order valence-corrected chi connectivity index (χ4v) is 4.06. The van der Waals surface area contributed by atoms with Crippen molar-refractivity contribution < 1.29 is 27.4 Å². The Labute approximate surface area is 163 Å². The van der Waals surface area contributed by atoms with E-state index in [1.54, 1.807) is 30.3 Å². The molecule has 0 bridgehead atoms. The Morgan fingerprint density at radius 3 is 2.50 bits per heavy atom. The van der Waals surface area contributed by atoms with Crippen LogP contribution in [0, 0.1) is 0 Å². The first-order valence-corrected chi connectivity index (χ1v) is 10.7. The second-order valence-corrected chi connectivity index (χ2v) is 8.52. The van der Waals surface area contributed by atoms with Crippen molar-refractivity contribution in [3.05, 3.63) is 48.5 Å². The number of carbonyl (C=O) groups is 1. The Morgan fingerprint density at radius 2 is 1.75 bits per heavy atom. The molecule has 0 fully saturated rings. The van der Waals surface area contributed by atoms with Gasteiger partial charge in [-0.05, 0) is 24.3 Å². The Morgan fingerprint density at radius 1 is 1.07 bits per heavy atom. The zero-order valence-corrected chi connectivity index (χ0v) is 16.0. The SMILES string of the molecule is CS(=O)(=O)N1C[C@@H](C(=O)NC[C@@H]2COc3ccccc3O2)Oc2ccccc21. The maximum Gasteiger partial charge on any atom is 0.263 e. The van der Waals surface area contributed by atoms with Crippen LogP contribution in [-0.4, -0.2) is 52.5 Å². The summed E-state index contributed by atoms with van der Waals surface area (Å²) in [5, 5.41) is 2.77. The van der Waals surface area contributed by atoms with Crippen molar-refractivity contribution in [3.63, 3.8) is 0 Å². The predicted molar refractivity (Wildman–Crippen MR) is 102 cm³/mol. The summed E-state index contributed by atoms with van der Waals surface area (Å²) in [5.41, 5.74) is 0.426. The number of fused-ring (bicyclic) bond motifs is 2. The van der Waals surface area contributed by atoms with Crippen molar-refractivity contribution in [2.45, 2.75) is 12.2 Å². The minimum absolute atomic E-state index is 0.0907. The van der Waals surface area contributed by atoms with Crippen LogP contribution in [-0.2, 0) is 14.8 Å². The van der Waals surface area contributed by atoms with Crippen molar-refractivity contribution >= 4 is 21.6 Å². The molecule has 0 saturated carbocycles. The zero-order valence-electron chi connectivity index (χ0n) is 15.2. The summed E-state index contributed by atoms with van der Waals surface area (Å²) in [7, 11) is -3.55. The number of amides is 1. The first-order valence-electron chi connectivity index (χ1n) is 8.81. The highest BCUT2D eigenvalue weighted by Crippen LogP contribution is 2.34. The molecule has 2 aromatic carbocycles. The average molecular weight is 404 g/mol. The van der Waals surface area contributed by atoms with Crippen LogP contribution in [0.15, 0.2) is 48.5 Å². The second kappa shape index (κ2) is 7.23. The number of sulfonamides is 1. The molecule has 0 aromatic heterocycles. The molecule has 9 heteroatoms. The van der Waals surface area contributed by atoms with Crippen LogP contribution < -0.4 is 23.8 Å². The molecule has 0 radical (unpaired) electrons. The third kappa shape index (κ3) is 3.70. The van der Waals surface area contributed by atoms with Gasteiger partial charge >= 0.3 is 0 Å². The highest BCUT2D eigenvalue weighted by molar-refractivity contribution is 7.92. The topological polar surface area (TPSA) is 94.2 Å². The molecule has 0 spiro atoms. The molecule has 2 aromatic rings. The summed E-state index contributed by atoms with van der Waals surface area (Å²) in [6.07, 6.45) is -0.198. The maximum atomic E-state index is 12.6. The highest BCUT2D eigenvalue weighted by Gasteiger charge is 2.35. The lowest BCUT2D eigenvalue weighted by Crippen LogP contribution is -2.52. The molecular formula is C19H20N2O6S. The first kappa shape index (κ1) is 18.4. The van der Waals surface area contributed by atoms with Gasteiger partial charge in [0.2, 0.25) is 10.0 Å². The van der Waals surface area contributed by atoms with Crippen LogP contribution in [0.3, 0.4) is 0 Å². The predicted octanol–water partition coefficient (Wildman–Crippen LogP) is 1.17. The molecule has 2 atom stereocenters. The molecular weight excluding hydrogens is 384 g/mol. The lowest BCUT2D eigenvalue weighted by Gasteiger charge is -2.34. The van der Waals surface area contributed by atoms with Crippen molar-refractivity contribution in [1.29, 1.82) is 0 Å². The summed E-state index contributed by atoms with van der Waals surface area (Å²) < 4.78 is 42.6. The fraction of sp³-hybridized carbons (Fsp3) is 0.316. The Bertz CT molecular complexity index is 993. The number of para-hydroxylation sites is 4. The number of anilines is 1. The Balaban J connectivity index is 1.42. The molecule has 148 valence electrons. The number of hydrogen-bond acceptors (Lipinski definition) is 6. The molecule has 0 unspecified atom stereocenters. The van der Waals surface area contributed by atoms with Gasteiger partial charge in [0.05, 0.1) is 25.0 Å². The summed E-state index contributed by atoms with van der Waals surface area (Å²) in [5.74, 6) is 1.23. The molecule has 2 aliphatic heterocycles. The van der Waals surface area contributed by atoms with Crippen LogP contribution in [0.25, 0.3) is 0 Å². The third-order valence-corrected chi connectivity index (χ3v) is 5.65. The van der Waals surface area contributed by atoms with E-state index in [2.05, 4.69) is 5.32 Å². The quantitative estimate of drug-likeness (QED) is 0.822. The molecule has 2 aliphatic rings. The first-order chi connectivity index (χ1) is 13.4. The number of ether oxygens (including phenoxy) is 3. The van der Waals surface area contributed by atoms with Gasteiger partial charge in [0.15, 0.2) is 17.6 Å². The van der Waals surface area contributed by atoms with Gasteiger partial charge in [0.25, 0.3) is 5.91 Å². The molecule has 4 rings (SSSR count). The van der Waals surface area contributed by atoms with Crippen LogP contribution in [0.2, 0.25) is 0 Å². The van der Waals surface area contributed by atoms with Gasteiger partial charge in [0, 0.05) is 0 Å². The van der Waals surface area contributed by atoms with E-state index in [-0.39, 0.29) is 19.2 Å². The minimum Gasteiger partial charge on any atom is -0.486 e. The summed E-state index contributed by atoms with van der Waals surface area (Å²) >= 11 is 0. The average Bonchev–Trinajstić information content (AvgIpc) is 2.70. The highest BCUT2D eigenvalue weighted by atomic mass is 32.2. The third-order valence-electron chi connectivity index (χ3n) is 4.50. The van der Waals surface area contributed by atoms with E-state index >= 15 is 0 Å². The number of rotatable bonds is 4. The van der Waals surface area contributed by atoms with Crippen LogP contribution >= 0.6 is 0 Å². The van der Waals surface area contributed by atoms with E-state index in [1.807, 2.05) is 18.2 Å². The van der Waals surface area contributed by atoms with Crippen molar-refractivity contribution in [1.82, 2.24) is 5.32 Å². The number of benzene rings is 2. The van der Waals surface area contributed by atoms with Gasteiger partial charge in [-0.3, -0.25) is 9.10 Å². The van der Waals surface area contributed by atoms with Crippen LogP contribution in [0.5, 0.6) is 17.2 Å². The normalized spacial score (nSPS) is 20.7. The zero-order chi connectivity index (χ0) is 19.7. The van der Waals surface area contributed by atoms with E-state index in [9.17, 15) is 13.2 Å². The van der Waals surface area contributed by atoms with Crippen molar-refractivity contribution in [2.75, 3.05) is 30.3 Å². The lowest BCUT2D eigenvalue weighted by atomic mass is 10.2. The molecule has 0 aliphatic carbocycles. The standard InChI is InChI=1S/C19H20N2O6S/c1-28(23,24)21-11-18(27-15-7-3-2-6-14(15)21)19(22)20-10-13-12-25-16-8-4-5-9-17(16)26-13/h2-9,13,18H,10-12H2,1H3,(H,20,22)/t13-,18+/m1/s1. The van der Waals surface area contributed by atoms with Gasteiger partial charge in [-0.1, -0.05) is 24.3 Å². The molecule has 28 heavy (non-hydrogen) atoms. The van der Waals surface area contributed by atoms with E-state index in [0.29, 0.717) is 29.5 Å². The minimum atomic E-state index is -3.55. The van der Waals surface area contributed by atoms with Crippen LogP contribution in [0.4, 0.5) is 5.69 Å². The molecule has 8 nitrogen and oxygen atoms in total. The van der Waals surface area contributed by atoms with Crippen molar-refractivity contribution in [2.24, 2.45) is 0 Å². The summed E-state index contributed by atoms with van der Waals surface area (Å²) in [6.45, 7) is 0.432. The van der Waals surface area contributed by atoms with E-state index in [1.165, 1.54) is 4.31 Å². The van der Waals surface area contributed by atoms with Crippen LogP contribution in [0.1, 0.15) is 0 Å². The smallest absolute Gasteiger partial charge is 0.263 e.